The van der Waals surface area contributed by atoms with E-state index in [1.807, 2.05) is 37.0 Å². The van der Waals surface area contributed by atoms with Crippen molar-refractivity contribution in [3.05, 3.63) is 29.7 Å². The molecule has 0 radical (unpaired) electrons. The van der Waals surface area contributed by atoms with Crippen molar-refractivity contribution in [2.45, 2.75) is 13.5 Å². The van der Waals surface area contributed by atoms with Crippen LogP contribution in [0.4, 0.5) is 0 Å². The molecule has 0 unspecified atom stereocenters. The van der Waals surface area contributed by atoms with E-state index in [0.29, 0.717) is 0 Å². The monoisotopic (exact) mass is 251 g/mol. The summed E-state index contributed by atoms with van der Waals surface area (Å²) < 4.78 is 5.59. The summed E-state index contributed by atoms with van der Waals surface area (Å²) in [4.78, 5) is 0. The summed E-state index contributed by atoms with van der Waals surface area (Å²) in [6, 6.07) is 3.93. The van der Waals surface area contributed by atoms with Gasteiger partial charge in [-0.25, -0.2) is 0 Å². The number of hydrogen-bond donors (Lipinski definition) is 2. The van der Waals surface area contributed by atoms with Crippen molar-refractivity contribution in [3.63, 3.8) is 0 Å². The highest BCUT2D eigenvalue weighted by Crippen LogP contribution is 2.23. The first-order valence-corrected chi connectivity index (χ1v) is 6.99. The highest BCUT2D eigenvalue weighted by molar-refractivity contribution is 7.98. The summed E-state index contributed by atoms with van der Waals surface area (Å²) in [5.74, 6) is 2.88. The third-order valence-electron chi connectivity index (χ3n) is 2.50. The zero-order valence-electron chi connectivity index (χ0n) is 10.1. The van der Waals surface area contributed by atoms with Crippen molar-refractivity contribution in [2.75, 3.05) is 18.6 Å². The van der Waals surface area contributed by atoms with E-state index in [4.69, 9.17) is 4.42 Å². The Bertz CT molecular complexity index is 464. The third kappa shape index (κ3) is 3.14. The molecule has 2 rings (SSSR count). The number of aryl methyl sites for hydroxylation is 1. The van der Waals surface area contributed by atoms with Crippen molar-refractivity contribution in [1.82, 2.24) is 15.5 Å². The molecule has 2 N–H and O–H groups in total. The fraction of sp³-hybridized carbons (Fsp3) is 0.417. The van der Waals surface area contributed by atoms with Crippen LogP contribution in [0.15, 0.2) is 22.7 Å². The van der Waals surface area contributed by atoms with E-state index in [0.717, 1.165) is 41.6 Å². The normalized spacial score (nSPS) is 10.9. The fourth-order valence-corrected chi connectivity index (χ4v) is 1.97. The van der Waals surface area contributed by atoms with E-state index in [2.05, 4.69) is 21.8 Å². The Labute approximate surface area is 105 Å². The number of nitrogens with zero attached hydrogens (tertiary/aromatic N) is 1. The molecule has 0 aromatic carbocycles. The lowest BCUT2D eigenvalue weighted by atomic mass is 10.2. The standard InChI is InChI=1S/C12H17N3OS/c1-9-3-4-11(16-9)12-10(8-14-15-12)7-13-5-6-17-2/h3-4,8,13H,5-7H2,1-2H3,(H,14,15). The molecule has 92 valence electrons. The van der Waals surface area contributed by atoms with Crippen molar-refractivity contribution in [2.24, 2.45) is 0 Å². The topological polar surface area (TPSA) is 53.9 Å². The van der Waals surface area contributed by atoms with Gasteiger partial charge in [-0.3, -0.25) is 5.10 Å². The smallest absolute Gasteiger partial charge is 0.152 e. The maximum Gasteiger partial charge on any atom is 0.152 e. The van der Waals surface area contributed by atoms with Gasteiger partial charge in [-0.2, -0.15) is 16.9 Å². The summed E-state index contributed by atoms with van der Waals surface area (Å²) in [6.45, 7) is 3.76. The molecule has 0 saturated carbocycles. The zero-order valence-corrected chi connectivity index (χ0v) is 10.9. The van der Waals surface area contributed by atoms with Gasteiger partial charge in [0.25, 0.3) is 0 Å². The Morgan fingerprint density at radius 3 is 3.06 bits per heavy atom. The number of thioether (sulfide) groups is 1. The number of furan rings is 1. The van der Waals surface area contributed by atoms with Gasteiger partial charge < -0.3 is 9.73 Å². The van der Waals surface area contributed by atoms with Crippen LogP contribution in [0.2, 0.25) is 0 Å². The number of aromatic amines is 1. The van der Waals surface area contributed by atoms with Crippen LogP contribution in [0.5, 0.6) is 0 Å². The van der Waals surface area contributed by atoms with Crippen LogP contribution in [-0.4, -0.2) is 28.8 Å². The molecule has 0 saturated heterocycles. The quantitative estimate of drug-likeness (QED) is 0.774. The molecule has 2 aromatic heterocycles. The molecule has 5 heteroatoms. The maximum atomic E-state index is 5.59. The van der Waals surface area contributed by atoms with Crippen LogP contribution >= 0.6 is 11.8 Å². The molecular weight excluding hydrogens is 234 g/mol. The highest BCUT2D eigenvalue weighted by Gasteiger charge is 2.10. The molecule has 0 bridgehead atoms. The van der Waals surface area contributed by atoms with E-state index in [9.17, 15) is 0 Å². The zero-order chi connectivity index (χ0) is 12.1. The molecule has 0 spiro atoms. The number of rotatable bonds is 6. The van der Waals surface area contributed by atoms with Crippen LogP contribution in [0, 0.1) is 6.92 Å². The summed E-state index contributed by atoms with van der Waals surface area (Å²) in [7, 11) is 0. The Morgan fingerprint density at radius 2 is 2.35 bits per heavy atom. The molecule has 0 aliphatic rings. The van der Waals surface area contributed by atoms with Crippen molar-refractivity contribution in [3.8, 4) is 11.5 Å². The second-order valence-corrected chi connectivity index (χ2v) is 4.84. The van der Waals surface area contributed by atoms with Gasteiger partial charge in [-0.05, 0) is 25.3 Å². The number of aromatic nitrogens is 2. The minimum Gasteiger partial charge on any atom is -0.460 e. The van der Waals surface area contributed by atoms with E-state index < -0.39 is 0 Å². The largest absolute Gasteiger partial charge is 0.460 e. The maximum absolute atomic E-state index is 5.59. The summed E-state index contributed by atoms with van der Waals surface area (Å²) in [5.41, 5.74) is 2.11. The Morgan fingerprint density at radius 1 is 1.47 bits per heavy atom. The minimum atomic E-state index is 0.812. The van der Waals surface area contributed by atoms with Crippen molar-refractivity contribution < 1.29 is 4.42 Å². The van der Waals surface area contributed by atoms with E-state index in [-0.39, 0.29) is 0 Å². The molecule has 0 aliphatic heterocycles. The predicted octanol–water partition coefficient (Wildman–Crippen LogP) is 2.43. The van der Waals surface area contributed by atoms with Crippen LogP contribution in [0.3, 0.4) is 0 Å². The molecule has 2 aromatic rings. The van der Waals surface area contributed by atoms with Crippen molar-refractivity contribution >= 4 is 11.8 Å². The van der Waals surface area contributed by atoms with E-state index in [1.54, 1.807) is 0 Å². The van der Waals surface area contributed by atoms with Crippen LogP contribution in [-0.2, 0) is 6.54 Å². The van der Waals surface area contributed by atoms with Crippen LogP contribution < -0.4 is 5.32 Å². The third-order valence-corrected chi connectivity index (χ3v) is 3.12. The first kappa shape index (κ1) is 12.3. The van der Waals surface area contributed by atoms with Crippen LogP contribution in [0.1, 0.15) is 11.3 Å². The molecule has 0 fully saturated rings. The summed E-state index contributed by atoms with van der Waals surface area (Å²) in [5, 5.41) is 10.4. The van der Waals surface area contributed by atoms with Crippen LogP contribution in [0.25, 0.3) is 11.5 Å². The summed E-state index contributed by atoms with van der Waals surface area (Å²) >= 11 is 1.84. The molecule has 0 atom stereocenters. The lowest BCUT2D eigenvalue weighted by Crippen LogP contribution is -2.16. The van der Waals surface area contributed by atoms with Gasteiger partial charge in [0.05, 0.1) is 6.20 Å². The molecule has 0 amide bonds. The SMILES string of the molecule is CSCCNCc1cn[nH]c1-c1ccc(C)o1. The minimum absolute atomic E-state index is 0.812. The van der Waals surface area contributed by atoms with Gasteiger partial charge in [0.1, 0.15) is 11.5 Å². The fourth-order valence-electron chi connectivity index (χ4n) is 1.62. The highest BCUT2D eigenvalue weighted by atomic mass is 32.2. The lowest BCUT2D eigenvalue weighted by molar-refractivity contribution is 0.545. The van der Waals surface area contributed by atoms with Gasteiger partial charge in [-0.1, -0.05) is 0 Å². The Balaban J connectivity index is 2.02. The van der Waals surface area contributed by atoms with Gasteiger partial charge in [0.2, 0.25) is 0 Å². The van der Waals surface area contributed by atoms with Gasteiger partial charge >= 0.3 is 0 Å². The van der Waals surface area contributed by atoms with Gasteiger partial charge in [0.15, 0.2) is 5.76 Å². The first-order valence-electron chi connectivity index (χ1n) is 5.60. The first-order chi connectivity index (χ1) is 8.31. The predicted molar refractivity (Wildman–Crippen MR) is 71.1 cm³/mol. The van der Waals surface area contributed by atoms with Gasteiger partial charge in [-0.15, -0.1) is 0 Å². The second kappa shape index (κ2) is 5.93. The summed E-state index contributed by atoms with van der Waals surface area (Å²) in [6.07, 6.45) is 3.95. The Kier molecular flexibility index (Phi) is 4.28. The molecule has 17 heavy (non-hydrogen) atoms. The molecular formula is C12H17N3OS. The van der Waals surface area contributed by atoms with E-state index >= 15 is 0 Å². The van der Waals surface area contributed by atoms with Crippen molar-refractivity contribution in [1.29, 1.82) is 0 Å². The molecule has 2 heterocycles. The van der Waals surface area contributed by atoms with Gasteiger partial charge in [0, 0.05) is 24.4 Å². The average molecular weight is 251 g/mol. The number of H-pyrrole nitrogens is 1. The number of nitrogens with one attached hydrogen (secondary N) is 2. The average Bonchev–Trinajstić information content (AvgIpc) is 2.93. The molecule has 0 aliphatic carbocycles. The second-order valence-electron chi connectivity index (χ2n) is 3.85. The number of hydrogen-bond acceptors (Lipinski definition) is 4. The lowest BCUT2D eigenvalue weighted by Gasteiger charge is -2.03. The Hall–Kier alpha value is -1.20. The molecule has 4 nitrogen and oxygen atoms in total. The van der Waals surface area contributed by atoms with E-state index in [1.165, 1.54) is 0 Å².